The summed E-state index contributed by atoms with van der Waals surface area (Å²) in [6.45, 7) is 10.0. The molecular formula is C12H23NO. The molecule has 0 aromatic heterocycles. The summed E-state index contributed by atoms with van der Waals surface area (Å²) in [5.74, 6) is 0.726. The monoisotopic (exact) mass is 197 g/mol. The van der Waals surface area contributed by atoms with Crippen LogP contribution in [-0.2, 0) is 4.74 Å². The maximum atomic E-state index is 5.63. The first-order valence-corrected chi connectivity index (χ1v) is 5.62. The highest BCUT2D eigenvalue weighted by atomic mass is 16.5. The van der Waals surface area contributed by atoms with Crippen molar-refractivity contribution in [2.45, 2.75) is 64.5 Å². The van der Waals surface area contributed by atoms with Crippen LogP contribution < -0.4 is 5.32 Å². The van der Waals surface area contributed by atoms with Gasteiger partial charge >= 0.3 is 0 Å². The Bertz CT molecular complexity index is 187. The average Bonchev–Trinajstić information content (AvgIpc) is 2.02. The third kappa shape index (κ3) is 4.54. The minimum absolute atomic E-state index is 0.140. The van der Waals surface area contributed by atoms with Gasteiger partial charge in [0.2, 0.25) is 0 Å². The van der Waals surface area contributed by atoms with Gasteiger partial charge in [-0.1, -0.05) is 19.3 Å². The molecule has 1 fully saturated rings. The molecule has 1 aliphatic carbocycles. The summed E-state index contributed by atoms with van der Waals surface area (Å²) in [6, 6.07) is 0.582. The second kappa shape index (κ2) is 4.72. The molecule has 0 aromatic carbocycles. The predicted octanol–water partition coefficient (Wildman–Crippen LogP) is 3.20. The highest BCUT2D eigenvalue weighted by molar-refractivity contribution is 4.87. The summed E-state index contributed by atoms with van der Waals surface area (Å²) in [5, 5.41) is 3.36. The van der Waals surface area contributed by atoms with Crippen LogP contribution >= 0.6 is 0 Å². The summed E-state index contributed by atoms with van der Waals surface area (Å²) in [7, 11) is 0. The normalized spacial score (nSPS) is 19.1. The fourth-order valence-electron chi connectivity index (χ4n) is 1.87. The zero-order valence-corrected chi connectivity index (χ0v) is 9.73. The van der Waals surface area contributed by atoms with Gasteiger partial charge in [-0.3, -0.25) is 0 Å². The first-order chi connectivity index (χ1) is 6.47. The van der Waals surface area contributed by atoms with Crippen molar-refractivity contribution in [3.05, 3.63) is 12.5 Å². The van der Waals surface area contributed by atoms with Gasteiger partial charge in [0.1, 0.15) is 5.60 Å². The van der Waals surface area contributed by atoms with Crippen molar-refractivity contribution < 1.29 is 4.74 Å². The molecule has 1 aliphatic rings. The fourth-order valence-corrected chi connectivity index (χ4v) is 1.87. The summed E-state index contributed by atoms with van der Waals surface area (Å²) in [4.78, 5) is 0. The topological polar surface area (TPSA) is 21.3 Å². The molecule has 1 rings (SSSR count). The Morgan fingerprint density at radius 1 is 1.21 bits per heavy atom. The number of nitrogens with one attached hydrogen (secondary N) is 1. The van der Waals surface area contributed by atoms with Gasteiger partial charge in [0.05, 0.1) is 0 Å². The lowest BCUT2D eigenvalue weighted by Crippen LogP contribution is -2.34. The maximum Gasteiger partial charge on any atom is 0.180 e. The SMILES string of the molecule is C=C(NC1CCCCC1)OC(C)(C)C. The van der Waals surface area contributed by atoms with Crippen LogP contribution in [0.3, 0.4) is 0 Å². The molecule has 1 N–H and O–H groups in total. The van der Waals surface area contributed by atoms with Crippen molar-refractivity contribution in [3.8, 4) is 0 Å². The summed E-state index contributed by atoms with van der Waals surface area (Å²) < 4.78 is 5.63. The molecule has 1 saturated carbocycles. The van der Waals surface area contributed by atoms with E-state index >= 15 is 0 Å². The smallest absolute Gasteiger partial charge is 0.180 e. The molecule has 0 unspecified atom stereocenters. The van der Waals surface area contributed by atoms with E-state index in [9.17, 15) is 0 Å². The molecule has 0 spiro atoms. The van der Waals surface area contributed by atoms with Crippen molar-refractivity contribution in [2.24, 2.45) is 0 Å². The van der Waals surface area contributed by atoms with Crippen molar-refractivity contribution in [3.63, 3.8) is 0 Å². The lowest BCUT2D eigenvalue weighted by Gasteiger charge is -2.28. The molecule has 0 atom stereocenters. The van der Waals surface area contributed by atoms with E-state index in [1.165, 1.54) is 32.1 Å². The van der Waals surface area contributed by atoms with E-state index in [0.717, 1.165) is 5.88 Å². The summed E-state index contributed by atoms with van der Waals surface area (Å²) in [6.07, 6.45) is 6.56. The predicted molar refractivity (Wildman–Crippen MR) is 60.0 cm³/mol. The van der Waals surface area contributed by atoms with Crippen molar-refractivity contribution in [2.75, 3.05) is 0 Å². The molecule has 14 heavy (non-hydrogen) atoms. The Kier molecular flexibility index (Phi) is 3.85. The first-order valence-electron chi connectivity index (χ1n) is 5.62. The Labute approximate surface area is 87.7 Å². The van der Waals surface area contributed by atoms with Gasteiger partial charge < -0.3 is 10.1 Å². The quantitative estimate of drug-likeness (QED) is 0.701. The Morgan fingerprint density at radius 3 is 2.29 bits per heavy atom. The molecule has 0 heterocycles. The molecule has 0 aliphatic heterocycles. The molecule has 0 amide bonds. The van der Waals surface area contributed by atoms with Crippen molar-refractivity contribution in [1.82, 2.24) is 5.32 Å². The molecule has 2 nitrogen and oxygen atoms in total. The zero-order chi connectivity index (χ0) is 10.6. The molecule has 0 bridgehead atoms. The van der Waals surface area contributed by atoms with E-state index in [-0.39, 0.29) is 5.60 Å². The largest absolute Gasteiger partial charge is 0.474 e. The Morgan fingerprint density at radius 2 is 1.79 bits per heavy atom. The van der Waals surface area contributed by atoms with Crippen LogP contribution in [0.2, 0.25) is 0 Å². The highest BCUT2D eigenvalue weighted by Crippen LogP contribution is 2.19. The van der Waals surface area contributed by atoms with Crippen LogP contribution in [0.4, 0.5) is 0 Å². The molecule has 0 aromatic rings. The summed E-state index contributed by atoms with van der Waals surface area (Å²) in [5.41, 5.74) is -0.140. The van der Waals surface area contributed by atoms with Gasteiger partial charge in [-0.2, -0.15) is 0 Å². The van der Waals surface area contributed by atoms with Gasteiger partial charge in [-0.25, -0.2) is 0 Å². The Balaban J connectivity index is 2.25. The summed E-state index contributed by atoms with van der Waals surface area (Å²) >= 11 is 0. The van der Waals surface area contributed by atoms with E-state index in [1.807, 2.05) is 20.8 Å². The van der Waals surface area contributed by atoms with Crippen LogP contribution in [0.15, 0.2) is 12.5 Å². The minimum Gasteiger partial charge on any atom is -0.474 e. The van der Waals surface area contributed by atoms with Crippen molar-refractivity contribution in [1.29, 1.82) is 0 Å². The number of ether oxygens (including phenoxy) is 1. The second-order valence-electron chi connectivity index (χ2n) is 5.12. The number of hydrogen-bond acceptors (Lipinski definition) is 2. The zero-order valence-electron chi connectivity index (χ0n) is 9.73. The minimum atomic E-state index is -0.140. The van der Waals surface area contributed by atoms with Gasteiger partial charge in [0.25, 0.3) is 0 Å². The lowest BCUT2D eigenvalue weighted by atomic mass is 9.96. The molecule has 0 radical (unpaired) electrons. The first kappa shape index (κ1) is 11.4. The van der Waals surface area contributed by atoms with E-state index in [1.54, 1.807) is 0 Å². The van der Waals surface area contributed by atoms with Crippen molar-refractivity contribution >= 4 is 0 Å². The van der Waals surface area contributed by atoms with E-state index in [4.69, 9.17) is 4.74 Å². The maximum absolute atomic E-state index is 5.63. The van der Waals surface area contributed by atoms with Gasteiger partial charge in [-0.05, 0) is 40.2 Å². The highest BCUT2D eigenvalue weighted by Gasteiger charge is 2.17. The lowest BCUT2D eigenvalue weighted by molar-refractivity contribution is 0.0369. The third-order valence-corrected chi connectivity index (χ3v) is 2.40. The van der Waals surface area contributed by atoms with Crippen LogP contribution in [0.5, 0.6) is 0 Å². The molecule has 2 heteroatoms. The standard InChI is InChI=1S/C12H23NO/c1-10(14-12(2,3)4)13-11-8-6-5-7-9-11/h11,13H,1,5-9H2,2-4H3. The van der Waals surface area contributed by atoms with E-state index in [0.29, 0.717) is 6.04 Å². The molecular weight excluding hydrogens is 174 g/mol. The van der Waals surface area contributed by atoms with Gasteiger partial charge in [0, 0.05) is 6.04 Å². The number of rotatable bonds is 3. The van der Waals surface area contributed by atoms with E-state index < -0.39 is 0 Å². The van der Waals surface area contributed by atoms with Crippen LogP contribution in [0, 0.1) is 0 Å². The Hall–Kier alpha value is -0.660. The van der Waals surface area contributed by atoms with Gasteiger partial charge in [0.15, 0.2) is 5.88 Å². The van der Waals surface area contributed by atoms with E-state index in [2.05, 4.69) is 11.9 Å². The second-order valence-corrected chi connectivity index (χ2v) is 5.12. The van der Waals surface area contributed by atoms with Crippen LogP contribution in [0.1, 0.15) is 52.9 Å². The fraction of sp³-hybridized carbons (Fsp3) is 0.833. The number of hydrogen-bond donors (Lipinski definition) is 1. The molecule has 0 saturated heterocycles. The van der Waals surface area contributed by atoms with Gasteiger partial charge in [-0.15, -0.1) is 0 Å². The van der Waals surface area contributed by atoms with Crippen LogP contribution in [-0.4, -0.2) is 11.6 Å². The average molecular weight is 197 g/mol. The molecule has 82 valence electrons. The third-order valence-electron chi connectivity index (χ3n) is 2.40. The van der Waals surface area contributed by atoms with Crippen LogP contribution in [0.25, 0.3) is 0 Å².